The van der Waals surface area contributed by atoms with Crippen LogP contribution < -0.4 is 4.74 Å². The minimum Gasteiger partial charge on any atom is -0.479 e. The van der Waals surface area contributed by atoms with E-state index in [1.165, 1.54) is 17.0 Å². The van der Waals surface area contributed by atoms with Gasteiger partial charge < -0.3 is 19.5 Å². The molecule has 1 saturated heterocycles. The molecule has 1 aliphatic rings. The summed E-state index contributed by atoms with van der Waals surface area (Å²) in [6, 6.07) is 4.43. The molecule has 1 aromatic rings. The first kappa shape index (κ1) is 16.1. The highest BCUT2D eigenvalue weighted by Crippen LogP contribution is 2.23. The van der Waals surface area contributed by atoms with Crippen molar-refractivity contribution in [2.45, 2.75) is 12.5 Å². The van der Waals surface area contributed by atoms with E-state index >= 15 is 0 Å². The summed E-state index contributed by atoms with van der Waals surface area (Å²) in [4.78, 5) is 24.3. The van der Waals surface area contributed by atoms with E-state index in [4.69, 9.17) is 9.84 Å². The van der Waals surface area contributed by atoms with Crippen LogP contribution in [0.5, 0.6) is 5.75 Å². The molecule has 1 heterocycles. The molecule has 1 aliphatic heterocycles. The van der Waals surface area contributed by atoms with Crippen LogP contribution in [0.1, 0.15) is 10.4 Å². The lowest BCUT2D eigenvalue weighted by Crippen LogP contribution is -2.48. The van der Waals surface area contributed by atoms with Gasteiger partial charge in [0.15, 0.2) is 6.10 Å². The van der Waals surface area contributed by atoms with Crippen LogP contribution in [-0.4, -0.2) is 54.0 Å². The van der Waals surface area contributed by atoms with Crippen LogP contribution in [0.2, 0.25) is 0 Å². The Labute approximate surface area is 123 Å². The molecular formula is C13H12F3NO5. The van der Waals surface area contributed by atoms with Crippen LogP contribution in [0, 0.1) is 0 Å². The number of amides is 1. The van der Waals surface area contributed by atoms with Crippen molar-refractivity contribution in [1.29, 1.82) is 0 Å². The maximum atomic E-state index is 12.2. The summed E-state index contributed by atoms with van der Waals surface area (Å²) in [5.41, 5.74) is 0.139. The molecule has 0 unspecified atom stereocenters. The molecule has 0 spiro atoms. The van der Waals surface area contributed by atoms with Gasteiger partial charge >= 0.3 is 12.3 Å². The Morgan fingerprint density at radius 3 is 2.45 bits per heavy atom. The Morgan fingerprint density at radius 2 is 1.91 bits per heavy atom. The first-order chi connectivity index (χ1) is 10.3. The zero-order chi connectivity index (χ0) is 16.3. The highest BCUT2D eigenvalue weighted by Gasteiger charge is 2.32. The Morgan fingerprint density at radius 1 is 1.27 bits per heavy atom. The number of nitrogens with zero attached hydrogens (tertiary/aromatic N) is 1. The SMILES string of the molecule is O=C(O)[C@H]1CN(C(=O)c2ccc(OC(F)(F)F)cc2)CCO1. The molecule has 0 aromatic heterocycles. The van der Waals surface area contributed by atoms with E-state index in [1.54, 1.807) is 0 Å². The fourth-order valence-electron chi connectivity index (χ4n) is 1.96. The van der Waals surface area contributed by atoms with Gasteiger partial charge in [-0.3, -0.25) is 4.79 Å². The largest absolute Gasteiger partial charge is 0.573 e. The Balaban J connectivity index is 2.05. The summed E-state index contributed by atoms with van der Waals surface area (Å²) in [5, 5.41) is 8.87. The second-order valence-corrected chi connectivity index (χ2v) is 4.52. The Hall–Kier alpha value is -2.29. The fraction of sp³-hybridized carbons (Fsp3) is 0.385. The summed E-state index contributed by atoms with van der Waals surface area (Å²) in [7, 11) is 0. The number of morpholine rings is 1. The third-order valence-corrected chi connectivity index (χ3v) is 2.96. The zero-order valence-electron chi connectivity index (χ0n) is 11.2. The number of rotatable bonds is 3. The molecule has 0 saturated carbocycles. The number of ether oxygens (including phenoxy) is 2. The molecule has 6 nitrogen and oxygen atoms in total. The molecule has 0 aliphatic carbocycles. The molecule has 1 fully saturated rings. The number of carbonyl (C=O) groups excluding carboxylic acids is 1. The topological polar surface area (TPSA) is 76.1 Å². The van der Waals surface area contributed by atoms with Gasteiger partial charge in [0, 0.05) is 12.1 Å². The van der Waals surface area contributed by atoms with E-state index in [0.717, 1.165) is 12.1 Å². The molecule has 0 radical (unpaired) electrons. The predicted octanol–water partition coefficient (Wildman–Crippen LogP) is 1.51. The molecule has 1 amide bonds. The zero-order valence-corrected chi connectivity index (χ0v) is 11.2. The quantitative estimate of drug-likeness (QED) is 0.914. The van der Waals surface area contributed by atoms with Crippen LogP contribution in [0.3, 0.4) is 0 Å². The van der Waals surface area contributed by atoms with Gasteiger partial charge in [0.2, 0.25) is 0 Å². The standard InChI is InChI=1S/C13H12F3NO5/c14-13(15,16)22-9-3-1-8(2-4-9)11(18)17-5-6-21-10(7-17)12(19)20/h1-4,10H,5-7H2,(H,19,20)/t10-/m1/s1. The van der Waals surface area contributed by atoms with Crippen molar-refractivity contribution in [1.82, 2.24) is 4.90 Å². The minimum absolute atomic E-state index is 0.0813. The number of carboxylic acids is 1. The van der Waals surface area contributed by atoms with Crippen molar-refractivity contribution in [3.8, 4) is 5.75 Å². The highest BCUT2D eigenvalue weighted by molar-refractivity contribution is 5.94. The van der Waals surface area contributed by atoms with E-state index in [2.05, 4.69) is 4.74 Å². The van der Waals surface area contributed by atoms with Gasteiger partial charge in [0.25, 0.3) is 5.91 Å². The van der Waals surface area contributed by atoms with Crippen molar-refractivity contribution in [3.05, 3.63) is 29.8 Å². The first-order valence-corrected chi connectivity index (χ1v) is 6.26. The van der Waals surface area contributed by atoms with E-state index in [0.29, 0.717) is 0 Å². The monoisotopic (exact) mass is 319 g/mol. The van der Waals surface area contributed by atoms with Crippen LogP contribution in [0.25, 0.3) is 0 Å². The lowest BCUT2D eigenvalue weighted by atomic mass is 10.1. The molecule has 2 rings (SSSR count). The van der Waals surface area contributed by atoms with Crippen LogP contribution >= 0.6 is 0 Å². The van der Waals surface area contributed by atoms with Crippen molar-refractivity contribution >= 4 is 11.9 Å². The average molecular weight is 319 g/mol. The number of hydrogen-bond acceptors (Lipinski definition) is 4. The van der Waals surface area contributed by atoms with Crippen molar-refractivity contribution in [2.75, 3.05) is 19.7 Å². The smallest absolute Gasteiger partial charge is 0.479 e. The maximum absolute atomic E-state index is 12.2. The van der Waals surface area contributed by atoms with Gasteiger partial charge in [-0.05, 0) is 24.3 Å². The number of alkyl halides is 3. The summed E-state index contributed by atoms with van der Waals surface area (Å²) in [5.74, 6) is -2.09. The van der Waals surface area contributed by atoms with Crippen molar-refractivity contribution in [3.63, 3.8) is 0 Å². The summed E-state index contributed by atoms with van der Waals surface area (Å²) in [6.45, 7) is 0.177. The van der Waals surface area contributed by atoms with E-state index in [-0.39, 0.29) is 25.3 Å². The Bertz CT molecular complexity index is 558. The van der Waals surface area contributed by atoms with E-state index in [9.17, 15) is 22.8 Å². The average Bonchev–Trinajstić information content (AvgIpc) is 2.46. The van der Waals surface area contributed by atoms with Gasteiger partial charge in [-0.1, -0.05) is 0 Å². The molecule has 1 aromatic carbocycles. The molecule has 120 valence electrons. The second kappa shape index (κ2) is 6.22. The van der Waals surface area contributed by atoms with Gasteiger partial charge in [-0.15, -0.1) is 13.2 Å². The van der Waals surface area contributed by atoms with Crippen molar-refractivity contribution < 1.29 is 37.3 Å². The molecule has 1 N–H and O–H groups in total. The summed E-state index contributed by atoms with van der Waals surface area (Å²) >= 11 is 0. The first-order valence-electron chi connectivity index (χ1n) is 6.26. The third-order valence-electron chi connectivity index (χ3n) is 2.96. The fourth-order valence-corrected chi connectivity index (χ4v) is 1.96. The van der Waals surface area contributed by atoms with Gasteiger partial charge in [0.1, 0.15) is 5.75 Å². The van der Waals surface area contributed by atoms with Gasteiger partial charge in [-0.2, -0.15) is 0 Å². The molecule has 0 bridgehead atoms. The molecule has 9 heteroatoms. The maximum Gasteiger partial charge on any atom is 0.573 e. The number of carbonyl (C=O) groups is 2. The summed E-state index contributed by atoms with van der Waals surface area (Å²) < 4.78 is 44.8. The van der Waals surface area contributed by atoms with Crippen molar-refractivity contribution in [2.24, 2.45) is 0 Å². The summed E-state index contributed by atoms with van der Waals surface area (Å²) in [6.07, 6.45) is -5.91. The molecular weight excluding hydrogens is 307 g/mol. The van der Waals surface area contributed by atoms with E-state index in [1.807, 2.05) is 0 Å². The normalized spacial score (nSPS) is 18.9. The Kier molecular flexibility index (Phi) is 4.55. The number of aliphatic carboxylic acids is 1. The van der Waals surface area contributed by atoms with Crippen LogP contribution in [0.15, 0.2) is 24.3 Å². The number of carboxylic acid groups (broad SMARTS) is 1. The predicted molar refractivity (Wildman–Crippen MR) is 66.4 cm³/mol. The second-order valence-electron chi connectivity index (χ2n) is 4.52. The van der Waals surface area contributed by atoms with Gasteiger partial charge in [-0.25, -0.2) is 4.79 Å². The van der Waals surface area contributed by atoms with E-state index < -0.39 is 30.1 Å². The molecule has 1 atom stereocenters. The van der Waals surface area contributed by atoms with Crippen LogP contribution in [0.4, 0.5) is 13.2 Å². The minimum atomic E-state index is -4.80. The lowest BCUT2D eigenvalue weighted by molar-refractivity contribution is -0.274. The number of hydrogen-bond donors (Lipinski definition) is 1. The van der Waals surface area contributed by atoms with Crippen LogP contribution in [-0.2, 0) is 9.53 Å². The highest BCUT2D eigenvalue weighted by atomic mass is 19.4. The third kappa shape index (κ3) is 4.10. The number of benzene rings is 1. The molecule has 22 heavy (non-hydrogen) atoms. The van der Waals surface area contributed by atoms with Gasteiger partial charge in [0.05, 0.1) is 13.2 Å². The lowest BCUT2D eigenvalue weighted by Gasteiger charge is -2.30. The number of halogens is 3.